The van der Waals surface area contributed by atoms with Crippen LogP contribution in [-0.4, -0.2) is 12.5 Å². The number of carbonyl (C=O) groups excluding carboxylic acids is 1. The Morgan fingerprint density at radius 1 is 1.38 bits per heavy atom. The summed E-state index contributed by atoms with van der Waals surface area (Å²) >= 11 is 0. The molecule has 1 fully saturated rings. The highest BCUT2D eigenvalue weighted by atomic mass is 16.2. The van der Waals surface area contributed by atoms with Crippen molar-refractivity contribution in [1.29, 1.82) is 0 Å². The normalized spacial score (nSPS) is 16.8. The standard InChI is InChI=1S/C14H19NO/c1-11(12-5-3-2-4-6-12)9-10-15-14(16)13-7-8-13/h2-6,11,13H,7-10H2,1H3,(H,15,16). The molecule has 1 atom stereocenters. The first kappa shape index (κ1) is 11.2. The quantitative estimate of drug-likeness (QED) is 0.807. The third kappa shape index (κ3) is 3.09. The van der Waals surface area contributed by atoms with E-state index in [1.807, 2.05) is 6.07 Å². The molecule has 1 amide bonds. The Hall–Kier alpha value is -1.31. The maximum absolute atomic E-state index is 11.4. The lowest BCUT2D eigenvalue weighted by Crippen LogP contribution is -2.26. The fourth-order valence-electron chi connectivity index (χ4n) is 1.85. The van der Waals surface area contributed by atoms with Crippen LogP contribution in [0.5, 0.6) is 0 Å². The van der Waals surface area contributed by atoms with Crippen LogP contribution in [0.3, 0.4) is 0 Å². The Morgan fingerprint density at radius 3 is 2.69 bits per heavy atom. The second kappa shape index (κ2) is 5.15. The van der Waals surface area contributed by atoms with Crippen LogP contribution in [0, 0.1) is 5.92 Å². The summed E-state index contributed by atoms with van der Waals surface area (Å²) in [5.41, 5.74) is 1.35. The lowest BCUT2D eigenvalue weighted by molar-refractivity contribution is -0.122. The average Bonchev–Trinajstić information content (AvgIpc) is 3.14. The summed E-state index contributed by atoms with van der Waals surface area (Å²) < 4.78 is 0. The number of benzene rings is 1. The SMILES string of the molecule is CC(CCNC(=O)C1CC1)c1ccccc1. The van der Waals surface area contributed by atoms with E-state index in [0.717, 1.165) is 25.8 Å². The van der Waals surface area contributed by atoms with Crippen molar-refractivity contribution in [3.05, 3.63) is 35.9 Å². The van der Waals surface area contributed by atoms with Gasteiger partial charge in [0, 0.05) is 12.5 Å². The van der Waals surface area contributed by atoms with Gasteiger partial charge in [0.25, 0.3) is 0 Å². The zero-order valence-corrected chi connectivity index (χ0v) is 9.78. The molecule has 1 N–H and O–H groups in total. The van der Waals surface area contributed by atoms with Crippen LogP contribution < -0.4 is 5.32 Å². The van der Waals surface area contributed by atoms with E-state index in [2.05, 4.69) is 36.5 Å². The molecular formula is C14H19NO. The molecule has 2 heteroatoms. The van der Waals surface area contributed by atoms with Crippen molar-refractivity contribution in [2.75, 3.05) is 6.54 Å². The van der Waals surface area contributed by atoms with E-state index < -0.39 is 0 Å². The molecule has 1 aromatic carbocycles. The van der Waals surface area contributed by atoms with E-state index in [1.165, 1.54) is 5.56 Å². The molecular weight excluding hydrogens is 198 g/mol. The van der Waals surface area contributed by atoms with Crippen LogP contribution in [0.25, 0.3) is 0 Å². The molecule has 0 aliphatic heterocycles. The van der Waals surface area contributed by atoms with Crippen LogP contribution in [0.15, 0.2) is 30.3 Å². The Kier molecular flexibility index (Phi) is 3.60. The number of carbonyl (C=O) groups is 1. The number of rotatable bonds is 5. The summed E-state index contributed by atoms with van der Waals surface area (Å²) in [7, 11) is 0. The molecule has 0 heterocycles. The molecule has 0 bridgehead atoms. The van der Waals surface area contributed by atoms with E-state index in [-0.39, 0.29) is 5.91 Å². The molecule has 1 saturated carbocycles. The van der Waals surface area contributed by atoms with E-state index >= 15 is 0 Å². The zero-order chi connectivity index (χ0) is 11.4. The fourth-order valence-corrected chi connectivity index (χ4v) is 1.85. The van der Waals surface area contributed by atoms with Gasteiger partial charge in [0.2, 0.25) is 5.91 Å². The highest BCUT2D eigenvalue weighted by Crippen LogP contribution is 2.28. The summed E-state index contributed by atoms with van der Waals surface area (Å²) in [6, 6.07) is 10.5. The first-order valence-corrected chi connectivity index (χ1v) is 6.10. The fraction of sp³-hybridized carbons (Fsp3) is 0.500. The van der Waals surface area contributed by atoms with Gasteiger partial charge in [-0.15, -0.1) is 0 Å². The van der Waals surface area contributed by atoms with Crippen molar-refractivity contribution < 1.29 is 4.79 Å². The zero-order valence-electron chi connectivity index (χ0n) is 9.78. The summed E-state index contributed by atoms with van der Waals surface area (Å²) in [6.07, 6.45) is 3.18. The molecule has 2 rings (SSSR count). The number of hydrogen-bond donors (Lipinski definition) is 1. The molecule has 0 aromatic heterocycles. The minimum Gasteiger partial charge on any atom is -0.356 e. The highest BCUT2D eigenvalue weighted by Gasteiger charge is 2.29. The monoisotopic (exact) mass is 217 g/mol. The summed E-state index contributed by atoms with van der Waals surface area (Å²) in [6.45, 7) is 3.00. The van der Waals surface area contributed by atoms with Crippen molar-refractivity contribution in [1.82, 2.24) is 5.32 Å². The summed E-state index contributed by atoms with van der Waals surface area (Å²) in [5, 5.41) is 3.01. The van der Waals surface area contributed by atoms with Gasteiger partial charge in [0.1, 0.15) is 0 Å². The predicted molar refractivity (Wildman–Crippen MR) is 65.2 cm³/mol. The van der Waals surface area contributed by atoms with Gasteiger partial charge >= 0.3 is 0 Å². The Bertz CT molecular complexity index is 343. The third-order valence-corrected chi connectivity index (χ3v) is 3.19. The van der Waals surface area contributed by atoms with Crippen molar-refractivity contribution >= 4 is 5.91 Å². The topological polar surface area (TPSA) is 29.1 Å². The number of nitrogens with one attached hydrogen (secondary N) is 1. The van der Waals surface area contributed by atoms with Gasteiger partial charge in [-0.1, -0.05) is 37.3 Å². The van der Waals surface area contributed by atoms with Crippen molar-refractivity contribution in [2.24, 2.45) is 5.92 Å². The van der Waals surface area contributed by atoms with E-state index in [1.54, 1.807) is 0 Å². The van der Waals surface area contributed by atoms with E-state index in [0.29, 0.717) is 11.8 Å². The molecule has 16 heavy (non-hydrogen) atoms. The van der Waals surface area contributed by atoms with Gasteiger partial charge in [0.05, 0.1) is 0 Å². The van der Waals surface area contributed by atoms with Crippen LogP contribution >= 0.6 is 0 Å². The highest BCUT2D eigenvalue weighted by molar-refractivity contribution is 5.80. The predicted octanol–water partition coefficient (Wildman–Crippen LogP) is 2.71. The molecule has 2 nitrogen and oxygen atoms in total. The number of hydrogen-bond acceptors (Lipinski definition) is 1. The summed E-state index contributed by atoms with van der Waals surface area (Å²) in [5.74, 6) is 1.09. The van der Waals surface area contributed by atoms with Crippen LogP contribution in [0.4, 0.5) is 0 Å². The minimum atomic E-state index is 0.250. The first-order valence-electron chi connectivity index (χ1n) is 6.10. The van der Waals surface area contributed by atoms with Crippen molar-refractivity contribution in [2.45, 2.75) is 32.1 Å². The molecule has 1 aliphatic rings. The summed E-state index contributed by atoms with van der Waals surface area (Å²) in [4.78, 5) is 11.4. The van der Waals surface area contributed by atoms with Gasteiger partial charge < -0.3 is 5.32 Å². The van der Waals surface area contributed by atoms with Crippen molar-refractivity contribution in [3.8, 4) is 0 Å². The molecule has 0 radical (unpaired) electrons. The molecule has 1 aliphatic carbocycles. The largest absolute Gasteiger partial charge is 0.356 e. The lowest BCUT2D eigenvalue weighted by atomic mass is 9.98. The Morgan fingerprint density at radius 2 is 2.06 bits per heavy atom. The maximum atomic E-state index is 11.4. The van der Waals surface area contributed by atoms with Gasteiger partial charge in [0.15, 0.2) is 0 Å². The minimum absolute atomic E-state index is 0.250. The molecule has 0 spiro atoms. The molecule has 0 saturated heterocycles. The van der Waals surface area contributed by atoms with Crippen LogP contribution in [0.1, 0.15) is 37.7 Å². The second-order valence-electron chi connectivity index (χ2n) is 4.67. The van der Waals surface area contributed by atoms with Gasteiger partial charge in [-0.3, -0.25) is 4.79 Å². The molecule has 1 aromatic rings. The smallest absolute Gasteiger partial charge is 0.223 e. The molecule has 86 valence electrons. The van der Waals surface area contributed by atoms with E-state index in [4.69, 9.17) is 0 Å². The Labute approximate surface area is 97.1 Å². The van der Waals surface area contributed by atoms with Crippen LogP contribution in [0.2, 0.25) is 0 Å². The molecule has 1 unspecified atom stereocenters. The lowest BCUT2D eigenvalue weighted by Gasteiger charge is -2.12. The van der Waals surface area contributed by atoms with E-state index in [9.17, 15) is 4.79 Å². The maximum Gasteiger partial charge on any atom is 0.223 e. The van der Waals surface area contributed by atoms with Gasteiger partial charge in [-0.2, -0.15) is 0 Å². The average molecular weight is 217 g/mol. The van der Waals surface area contributed by atoms with Gasteiger partial charge in [-0.05, 0) is 30.7 Å². The second-order valence-corrected chi connectivity index (χ2v) is 4.67. The number of amides is 1. The van der Waals surface area contributed by atoms with Crippen LogP contribution in [-0.2, 0) is 4.79 Å². The Balaban J connectivity index is 1.71. The van der Waals surface area contributed by atoms with Gasteiger partial charge in [-0.25, -0.2) is 0 Å². The van der Waals surface area contributed by atoms with Crippen molar-refractivity contribution in [3.63, 3.8) is 0 Å². The third-order valence-electron chi connectivity index (χ3n) is 3.19. The first-order chi connectivity index (χ1) is 7.77.